The second kappa shape index (κ2) is 15.5. The third-order valence-corrected chi connectivity index (χ3v) is 5.41. The summed E-state index contributed by atoms with van der Waals surface area (Å²) < 4.78 is 22.6. The molecule has 0 atom stereocenters. The van der Waals surface area contributed by atoms with Crippen LogP contribution in [0, 0.1) is 0 Å². The SMILES string of the molecule is CN1CCN2CCOCCOCCOCCOCCN(CC1)CCN(C)CC2. The van der Waals surface area contributed by atoms with Crippen LogP contribution in [0.3, 0.4) is 0 Å². The Morgan fingerprint density at radius 3 is 0.964 bits per heavy atom. The van der Waals surface area contributed by atoms with Crippen molar-refractivity contribution in [3.63, 3.8) is 0 Å². The van der Waals surface area contributed by atoms with Crippen LogP contribution < -0.4 is 0 Å². The maximum absolute atomic E-state index is 5.77. The summed E-state index contributed by atoms with van der Waals surface area (Å²) in [4.78, 5) is 9.93. The molecule has 8 heteroatoms. The molecule has 0 spiro atoms. The highest BCUT2D eigenvalue weighted by atomic mass is 16.6. The quantitative estimate of drug-likeness (QED) is 0.505. The van der Waals surface area contributed by atoms with E-state index in [4.69, 9.17) is 18.9 Å². The lowest BCUT2D eigenvalue weighted by atomic mass is 10.3. The fourth-order valence-electron chi connectivity index (χ4n) is 3.29. The first kappa shape index (κ1) is 24.0. The van der Waals surface area contributed by atoms with Crippen LogP contribution >= 0.6 is 0 Å². The molecule has 3 heterocycles. The van der Waals surface area contributed by atoms with Gasteiger partial charge in [-0.1, -0.05) is 0 Å². The molecular formula is C20H42N4O4. The highest BCUT2D eigenvalue weighted by Crippen LogP contribution is 1.99. The molecular weight excluding hydrogens is 360 g/mol. The minimum absolute atomic E-state index is 0.613. The van der Waals surface area contributed by atoms with Crippen molar-refractivity contribution >= 4 is 0 Å². The number of fused-ring (bicyclic) bond motifs is 21. The van der Waals surface area contributed by atoms with Gasteiger partial charge in [-0.05, 0) is 14.1 Å². The third-order valence-electron chi connectivity index (χ3n) is 5.41. The fraction of sp³-hybridized carbons (Fsp3) is 1.00. The predicted octanol–water partition coefficient (Wildman–Crippen LogP) is -0.452. The Hall–Kier alpha value is -0.320. The van der Waals surface area contributed by atoms with E-state index in [0.717, 1.165) is 78.7 Å². The monoisotopic (exact) mass is 402 g/mol. The fourth-order valence-corrected chi connectivity index (χ4v) is 3.29. The summed E-state index contributed by atoms with van der Waals surface area (Å²) >= 11 is 0. The summed E-state index contributed by atoms with van der Waals surface area (Å²) in [7, 11) is 4.46. The minimum atomic E-state index is 0.613. The van der Waals surface area contributed by atoms with E-state index in [1.165, 1.54) is 0 Å². The maximum Gasteiger partial charge on any atom is 0.0701 e. The Bertz CT molecular complexity index is 328. The van der Waals surface area contributed by atoms with Gasteiger partial charge >= 0.3 is 0 Å². The average molecular weight is 403 g/mol. The molecule has 0 saturated carbocycles. The van der Waals surface area contributed by atoms with Gasteiger partial charge in [0.1, 0.15) is 0 Å². The van der Waals surface area contributed by atoms with Crippen LogP contribution in [0.25, 0.3) is 0 Å². The van der Waals surface area contributed by atoms with Gasteiger partial charge in [-0.15, -0.1) is 0 Å². The van der Waals surface area contributed by atoms with E-state index in [-0.39, 0.29) is 0 Å². The summed E-state index contributed by atoms with van der Waals surface area (Å²) in [5, 5.41) is 0. The number of rotatable bonds is 0. The van der Waals surface area contributed by atoms with Gasteiger partial charge < -0.3 is 28.7 Å². The van der Waals surface area contributed by atoms with Gasteiger partial charge in [0.25, 0.3) is 0 Å². The standard InChI is InChI=1S/C20H42N4O4/c1-21-3-7-23-9-5-22(2)6-10-24(8-4-21)12-14-26-16-18-28-20-19-27-17-15-25-13-11-23/h3-20H2,1-2H3. The van der Waals surface area contributed by atoms with Crippen molar-refractivity contribution < 1.29 is 18.9 Å². The van der Waals surface area contributed by atoms with Crippen LogP contribution in [0.5, 0.6) is 0 Å². The van der Waals surface area contributed by atoms with Gasteiger partial charge in [-0.2, -0.15) is 0 Å². The Morgan fingerprint density at radius 1 is 0.357 bits per heavy atom. The van der Waals surface area contributed by atoms with Gasteiger partial charge in [0.2, 0.25) is 0 Å². The highest BCUT2D eigenvalue weighted by molar-refractivity contribution is 4.69. The van der Waals surface area contributed by atoms with Crippen LogP contribution in [0.15, 0.2) is 0 Å². The summed E-state index contributed by atoms with van der Waals surface area (Å²) in [6, 6.07) is 0. The van der Waals surface area contributed by atoms with E-state index in [2.05, 4.69) is 33.7 Å². The summed E-state index contributed by atoms with van der Waals surface area (Å²) in [6.45, 7) is 16.0. The molecule has 3 fully saturated rings. The molecule has 3 aliphatic heterocycles. The zero-order valence-corrected chi connectivity index (χ0v) is 18.1. The number of likely N-dealkylation sites (N-methyl/N-ethyl adjacent to an activating group) is 2. The molecule has 0 amide bonds. The predicted molar refractivity (Wildman–Crippen MR) is 111 cm³/mol. The van der Waals surface area contributed by atoms with Crippen LogP contribution in [-0.2, 0) is 18.9 Å². The van der Waals surface area contributed by atoms with Gasteiger partial charge in [0, 0.05) is 65.4 Å². The van der Waals surface area contributed by atoms with Crippen molar-refractivity contribution in [1.29, 1.82) is 0 Å². The number of ether oxygens (including phenoxy) is 4. The molecule has 0 aromatic carbocycles. The normalized spacial score (nSPS) is 30.6. The van der Waals surface area contributed by atoms with Crippen molar-refractivity contribution in [3.8, 4) is 0 Å². The van der Waals surface area contributed by atoms with Crippen molar-refractivity contribution in [3.05, 3.63) is 0 Å². The van der Waals surface area contributed by atoms with Crippen molar-refractivity contribution in [2.75, 3.05) is 132 Å². The van der Waals surface area contributed by atoms with Gasteiger partial charge in [-0.25, -0.2) is 0 Å². The van der Waals surface area contributed by atoms with E-state index >= 15 is 0 Å². The Morgan fingerprint density at radius 2 is 0.643 bits per heavy atom. The summed E-state index contributed by atoms with van der Waals surface area (Å²) in [6.07, 6.45) is 0. The maximum atomic E-state index is 5.77. The number of nitrogens with zero attached hydrogens (tertiary/aromatic N) is 4. The van der Waals surface area contributed by atoms with E-state index < -0.39 is 0 Å². The van der Waals surface area contributed by atoms with E-state index in [1.807, 2.05) is 0 Å². The van der Waals surface area contributed by atoms with E-state index in [9.17, 15) is 0 Å². The second-order valence-electron chi connectivity index (χ2n) is 7.74. The molecule has 0 radical (unpaired) electrons. The molecule has 3 aliphatic rings. The lowest BCUT2D eigenvalue weighted by Crippen LogP contribution is -2.45. The average Bonchev–Trinajstić information content (AvgIpc) is 2.69. The third kappa shape index (κ3) is 11.6. The minimum Gasteiger partial charge on any atom is -0.378 e. The molecule has 0 aromatic heterocycles. The first-order valence-electron chi connectivity index (χ1n) is 10.9. The highest BCUT2D eigenvalue weighted by Gasteiger charge is 2.13. The van der Waals surface area contributed by atoms with Crippen LogP contribution in [0.4, 0.5) is 0 Å². The number of hydrogen-bond donors (Lipinski definition) is 0. The van der Waals surface area contributed by atoms with Crippen molar-refractivity contribution in [1.82, 2.24) is 19.6 Å². The molecule has 2 bridgehead atoms. The Balaban J connectivity index is 1.88. The molecule has 166 valence electrons. The first-order valence-corrected chi connectivity index (χ1v) is 10.9. The lowest BCUT2D eigenvalue weighted by molar-refractivity contribution is -0.00516. The van der Waals surface area contributed by atoms with E-state index in [0.29, 0.717) is 39.6 Å². The van der Waals surface area contributed by atoms with Crippen LogP contribution in [-0.4, -0.2) is 152 Å². The van der Waals surface area contributed by atoms with E-state index in [1.54, 1.807) is 0 Å². The van der Waals surface area contributed by atoms with Crippen molar-refractivity contribution in [2.24, 2.45) is 0 Å². The van der Waals surface area contributed by atoms with Crippen LogP contribution in [0.2, 0.25) is 0 Å². The molecule has 3 saturated heterocycles. The molecule has 28 heavy (non-hydrogen) atoms. The Kier molecular flexibility index (Phi) is 13.3. The van der Waals surface area contributed by atoms with Gasteiger partial charge in [-0.3, -0.25) is 9.80 Å². The zero-order valence-electron chi connectivity index (χ0n) is 18.1. The van der Waals surface area contributed by atoms with Gasteiger partial charge in [0.15, 0.2) is 0 Å². The summed E-state index contributed by atoms with van der Waals surface area (Å²) in [5.41, 5.74) is 0. The smallest absolute Gasteiger partial charge is 0.0701 e. The second-order valence-corrected chi connectivity index (χ2v) is 7.74. The molecule has 8 nitrogen and oxygen atoms in total. The molecule has 0 aliphatic carbocycles. The molecule has 3 rings (SSSR count). The molecule has 0 N–H and O–H groups in total. The van der Waals surface area contributed by atoms with Gasteiger partial charge in [0.05, 0.1) is 52.9 Å². The lowest BCUT2D eigenvalue weighted by Gasteiger charge is -2.32. The topological polar surface area (TPSA) is 49.9 Å². The zero-order chi connectivity index (χ0) is 19.9. The summed E-state index contributed by atoms with van der Waals surface area (Å²) in [5.74, 6) is 0. The Labute approximate surface area is 171 Å². The molecule has 0 aromatic rings. The first-order chi connectivity index (χ1) is 13.7. The molecule has 0 unspecified atom stereocenters. The largest absolute Gasteiger partial charge is 0.378 e. The number of hydrogen-bond acceptors (Lipinski definition) is 8. The van der Waals surface area contributed by atoms with Crippen molar-refractivity contribution in [2.45, 2.75) is 0 Å². The van der Waals surface area contributed by atoms with Crippen LogP contribution in [0.1, 0.15) is 0 Å².